The highest BCUT2D eigenvalue weighted by molar-refractivity contribution is 6.31. The first-order valence-corrected chi connectivity index (χ1v) is 9.37. The molecule has 4 nitrogen and oxygen atoms in total. The van der Waals surface area contributed by atoms with Crippen LogP contribution in [0.4, 0.5) is 5.69 Å². The number of anilines is 1. The summed E-state index contributed by atoms with van der Waals surface area (Å²) in [5.41, 5.74) is 3.27. The first kappa shape index (κ1) is 18.6. The van der Waals surface area contributed by atoms with Gasteiger partial charge in [0.1, 0.15) is 5.75 Å². The number of piperazine rings is 1. The molecule has 0 aliphatic carbocycles. The van der Waals surface area contributed by atoms with E-state index < -0.39 is 0 Å². The van der Waals surface area contributed by atoms with Crippen LogP contribution < -0.4 is 9.64 Å². The van der Waals surface area contributed by atoms with E-state index in [4.69, 9.17) is 16.3 Å². The number of hydrogen-bond acceptors (Lipinski definition) is 3. The average molecular weight is 373 g/mol. The minimum absolute atomic E-state index is 0.210. The molecule has 1 fully saturated rings. The lowest BCUT2D eigenvalue weighted by Gasteiger charge is -2.36. The van der Waals surface area contributed by atoms with Crippen LogP contribution in [0.1, 0.15) is 17.5 Å². The van der Waals surface area contributed by atoms with Crippen molar-refractivity contribution < 1.29 is 9.53 Å². The molecule has 0 bridgehead atoms. The second-order valence-electron chi connectivity index (χ2n) is 6.62. The van der Waals surface area contributed by atoms with Gasteiger partial charge in [-0.3, -0.25) is 4.79 Å². The third kappa shape index (κ3) is 4.31. The van der Waals surface area contributed by atoms with Crippen molar-refractivity contribution in [1.82, 2.24) is 4.90 Å². The van der Waals surface area contributed by atoms with Gasteiger partial charge in [0.2, 0.25) is 5.91 Å². The SMILES string of the molecule is COc1ccccc1N1CCN(C(=O)CCc2ccc(C)c(Cl)c2)CC1. The summed E-state index contributed by atoms with van der Waals surface area (Å²) in [6.45, 7) is 5.11. The van der Waals surface area contributed by atoms with Crippen molar-refractivity contribution in [3.63, 3.8) is 0 Å². The molecule has 2 aromatic rings. The number of aryl methyl sites for hydroxylation is 2. The highest BCUT2D eigenvalue weighted by atomic mass is 35.5. The molecule has 26 heavy (non-hydrogen) atoms. The van der Waals surface area contributed by atoms with Crippen LogP contribution >= 0.6 is 11.6 Å². The zero-order valence-corrected chi connectivity index (χ0v) is 16.1. The van der Waals surface area contributed by atoms with Gasteiger partial charge in [-0.05, 0) is 42.7 Å². The van der Waals surface area contributed by atoms with E-state index in [1.807, 2.05) is 48.2 Å². The van der Waals surface area contributed by atoms with Gasteiger partial charge in [-0.2, -0.15) is 0 Å². The Morgan fingerprint density at radius 2 is 1.85 bits per heavy atom. The number of ether oxygens (including phenoxy) is 1. The molecule has 0 unspecified atom stereocenters. The number of benzene rings is 2. The number of nitrogens with zero attached hydrogens (tertiary/aromatic N) is 2. The highest BCUT2D eigenvalue weighted by Gasteiger charge is 2.22. The number of amides is 1. The molecule has 1 amide bonds. The first-order valence-electron chi connectivity index (χ1n) is 8.99. The van der Waals surface area contributed by atoms with E-state index in [0.29, 0.717) is 6.42 Å². The molecule has 0 atom stereocenters. The van der Waals surface area contributed by atoms with Gasteiger partial charge in [0.25, 0.3) is 0 Å². The summed E-state index contributed by atoms with van der Waals surface area (Å²) in [5.74, 6) is 1.09. The molecule has 1 aliphatic heterocycles. The van der Waals surface area contributed by atoms with Crippen molar-refractivity contribution in [2.45, 2.75) is 19.8 Å². The molecule has 0 radical (unpaired) electrons. The summed E-state index contributed by atoms with van der Waals surface area (Å²) in [5, 5.41) is 0.764. The molecule has 138 valence electrons. The van der Waals surface area contributed by atoms with E-state index in [1.165, 1.54) is 0 Å². The highest BCUT2D eigenvalue weighted by Crippen LogP contribution is 2.28. The largest absolute Gasteiger partial charge is 0.495 e. The fourth-order valence-electron chi connectivity index (χ4n) is 3.29. The topological polar surface area (TPSA) is 32.8 Å². The molecular formula is C21H25ClN2O2. The molecule has 1 saturated heterocycles. The van der Waals surface area contributed by atoms with Crippen molar-refractivity contribution in [3.8, 4) is 5.75 Å². The number of para-hydroxylation sites is 2. The Morgan fingerprint density at radius 1 is 1.12 bits per heavy atom. The summed E-state index contributed by atoms with van der Waals surface area (Å²) < 4.78 is 5.45. The maximum atomic E-state index is 12.5. The average Bonchev–Trinajstić information content (AvgIpc) is 2.68. The lowest BCUT2D eigenvalue weighted by molar-refractivity contribution is -0.131. The Bertz CT molecular complexity index is 770. The van der Waals surface area contributed by atoms with Crippen LogP contribution in [0.25, 0.3) is 0 Å². The Labute approximate surface area is 160 Å². The fraction of sp³-hybridized carbons (Fsp3) is 0.381. The van der Waals surface area contributed by atoms with Crippen molar-refractivity contribution in [2.24, 2.45) is 0 Å². The molecular weight excluding hydrogens is 348 g/mol. The maximum absolute atomic E-state index is 12.5. The van der Waals surface area contributed by atoms with E-state index in [0.717, 1.165) is 60.2 Å². The van der Waals surface area contributed by atoms with Gasteiger partial charge in [-0.15, -0.1) is 0 Å². The zero-order chi connectivity index (χ0) is 18.5. The van der Waals surface area contributed by atoms with E-state index in [-0.39, 0.29) is 5.91 Å². The molecule has 0 N–H and O–H groups in total. The molecule has 0 aromatic heterocycles. The lowest BCUT2D eigenvalue weighted by Crippen LogP contribution is -2.48. The summed E-state index contributed by atoms with van der Waals surface area (Å²) in [6.07, 6.45) is 1.25. The monoisotopic (exact) mass is 372 g/mol. The van der Waals surface area contributed by atoms with Gasteiger partial charge in [0, 0.05) is 37.6 Å². The predicted molar refractivity (Wildman–Crippen MR) is 106 cm³/mol. The molecule has 0 saturated carbocycles. The Morgan fingerprint density at radius 3 is 2.54 bits per heavy atom. The Balaban J connectivity index is 1.52. The van der Waals surface area contributed by atoms with E-state index >= 15 is 0 Å². The van der Waals surface area contributed by atoms with Crippen molar-refractivity contribution in [3.05, 3.63) is 58.6 Å². The number of carbonyl (C=O) groups excluding carboxylic acids is 1. The molecule has 3 rings (SSSR count). The fourth-order valence-corrected chi connectivity index (χ4v) is 3.49. The standard InChI is InChI=1S/C21H25ClN2O2/c1-16-7-8-17(15-18(16)22)9-10-21(25)24-13-11-23(12-14-24)19-5-3-4-6-20(19)26-2/h3-8,15H,9-14H2,1-2H3. The molecule has 1 aliphatic rings. The second kappa shape index (κ2) is 8.45. The first-order chi connectivity index (χ1) is 12.6. The molecule has 2 aromatic carbocycles. The van der Waals surface area contributed by atoms with Crippen LogP contribution in [0.2, 0.25) is 5.02 Å². The predicted octanol–water partition coefficient (Wildman–Crippen LogP) is 3.94. The van der Waals surface area contributed by atoms with Gasteiger partial charge >= 0.3 is 0 Å². The number of rotatable bonds is 5. The van der Waals surface area contributed by atoms with Gasteiger partial charge in [-0.1, -0.05) is 35.9 Å². The normalized spacial score (nSPS) is 14.4. The smallest absolute Gasteiger partial charge is 0.223 e. The van der Waals surface area contributed by atoms with Crippen molar-refractivity contribution >= 4 is 23.2 Å². The van der Waals surface area contributed by atoms with Gasteiger partial charge in [0.15, 0.2) is 0 Å². The Kier molecular flexibility index (Phi) is 6.04. The lowest BCUT2D eigenvalue weighted by atomic mass is 10.1. The summed E-state index contributed by atoms with van der Waals surface area (Å²) in [7, 11) is 1.69. The quantitative estimate of drug-likeness (QED) is 0.797. The summed E-state index contributed by atoms with van der Waals surface area (Å²) in [6, 6.07) is 14.0. The maximum Gasteiger partial charge on any atom is 0.223 e. The third-order valence-electron chi connectivity index (χ3n) is 4.92. The Hall–Kier alpha value is -2.20. The third-order valence-corrected chi connectivity index (χ3v) is 5.33. The zero-order valence-electron chi connectivity index (χ0n) is 15.4. The van der Waals surface area contributed by atoms with Gasteiger partial charge in [-0.25, -0.2) is 0 Å². The van der Waals surface area contributed by atoms with Crippen LogP contribution in [-0.4, -0.2) is 44.1 Å². The van der Waals surface area contributed by atoms with E-state index in [9.17, 15) is 4.79 Å². The van der Waals surface area contributed by atoms with Crippen LogP contribution in [0, 0.1) is 6.92 Å². The van der Waals surface area contributed by atoms with Crippen LogP contribution in [0.15, 0.2) is 42.5 Å². The van der Waals surface area contributed by atoms with Crippen molar-refractivity contribution in [2.75, 3.05) is 38.2 Å². The van der Waals surface area contributed by atoms with E-state index in [1.54, 1.807) is 7.11 Å². The summed E-state index contributed by atoms with van der Waals surface area (Å²) in [4.78, 5) is 16.8. The van der Waals surface area contributed by atoms with Gasteiger partial charge in [0.05, 0.1) is 12.8 Å². The van der Waals surface area contributed by atoms with Crippen LogP contribution in [-0.2, 0) is 11.2 Å². The minimum Gasteiger partial charge on any atom is -0.495 e. The van der Waals surface area contributed by atoms with Crippen LogP contribution in [0.3, 0.4) is 0 Å². The summed E-state index contributed by atoms with van der Waals surface area (Å²) >= 11 is 6.17. The van der Waals surface area contributed by atoms with Gasteiger partial charge < -0.3 is 14.5 Å². The number of methoxy groups -OCH3 is 1. The number of carbonyl (C=O) groups is 1. The number of hydrogen-bond donors (Lipinski definition) is 0. The van der Waals surface area contributed by atoms with Crippen LogP contribution in [0.5, 0.6) is 5.75 Å². The number of halogens is 1. The second-order valence-corrected chi connectivity index (χ2v) is 7.03. The van der Waals surface area contributed by atoms with Crippen molar-refractivity contribution in [1.29, 1.82) is 0 Å². The molecule has 1 heterocycles. The minimum atomic E-state index is 0.210. The molecule has 0 spiro atoms. The van der Waals surface area contributed by atoms with E-state index in [2.05, 4.69) is 11.0 Å². The molecule has 5 heteroatoms.